The number of Topliss-reactive ketones (excluding diaryl/α,β-unsaturated/α-hetero) is 1. The van der Waals surface area contributed by atoms with Crippen molar-refractivity contribution in [2.45, 2.75) is 19.4 Å². The van der Waals surface area contributed by atoms with Gasteiger partial charge in [-0.05, 0) is 13.8 Å². The molecule has 0 saturated carbocycles. The zero-order valence-electron chi connectivity index (χ0n) is 5.35. The minimum atomic E-state index is -1.22. The number of carbonyl (C=O) groups excluding carboxylic acids is 1. The predicted molar refractivity (Wildman–Crippen MR) is 35.6 cm³/mol. The van der Waals surface area contributed by atoms with Crippen LogP contribution in [0.15, 0.2) is 5.18 Å². The van der Waals surface area contributed by atoms with Crippen molar-refractivity contribution in [3.05, 3.63) is 4.91 Å². The maximum atomic E-state index is 10.5. The molecule has 4 heteroatoms. The van der Waals surface area contributed by atoms with Gasteiger partial charge in [-0.1, -0.05) is 5.18 Å². The fourth-order valence-corrected chi connectivity index (χ4v) is 0.420. The van der Waals surface area contributed by atoms with Gasteiger partial charge in [0.1, 0.15) is 0 Å². The first kappa shape index (κ1) is 8.56. The highest BCUT2D eigenvalue weighted by Crippen LogP contribution is 2.12. The van der Waals surface area contributed by atoms with Gasteiger partial charge in [-0.15, -0.1) is 16.5 Å². The van der Waals surface area contributed by atoms with Gasteiger partial charge in [0.15, 0.2) is 11.3 Å². The monoisotopic (exact) mass is 149 g/mol. The molecule has 0 spiro atoms. The Hall–Kier alpha value is -0.440. The summed E-state index contributed by atoms with van der Waals surface area (Å²) in [4.78, 5) is 20.5. The van der Waals surface area contributed by atoms with Crippen molar-refractivity contribution < 1.29 is 4.79 Å². The third-order valence-corrected chi connectivity index (χ3v) is 1.74. The first-order chi connectivity index (χ1) is 4.06. The van der Waals surface area contributed by atoms with E-state index in [9.17, 15) is 9.70 Å². The number of hydrogen-bond donors (Lipinski definition) is 0. The quantitative estimate of drug-likeness (QED) is 0.449. The van der Waals surface area contributed by atoms with Crippen molar-refractivity contribution in [3.63, 3.8) is 0 Å². The molecule has 0 rings (SSSR count). The van der Waals surface area contributed by atoms with Gasteiger partial charge in [-0.3, -0.25) is 4.79 Å². The lowest BCUT2D eigenvalue weighted by Gasteiger charge is -2.11. The van der Waals surface area contributed by atoms with E-state index in [-0.39, 0.29) is 11.7 Å². The summed E-state index contributed by atoms with van der Waals surface area (Å²) in [6.45, 7) is 2.71. The first-order valence-corrected chi connectivity index (χ1v) is 3.02. The number of carbonyl (C=O) groups is 1. The first-order valence-electron chi connectivity index (χ1n) is 2.48. The number of rotatable bonds is 3. The van der Waals surface area contributed by atoms with Crippen LogP contribution in [0.1, 0.15) is 13.8 Å². The van der Waals surface area contributed by atoms with Crippen LogP contribution in [0.2, 0.25) is 0 Å². The standard InChI is InChI=1S/C5H8ClNO2/c1-4(8)5(2,3-6)7-9/h3H2,1-2H3. The van der Waals surface area contributed by atoms with Gasteiger partial charge in [0.25, 0.3) is 0 Å². The predicted octanol–water partition coefficient (Wildman–Crippen LogP) is 1.34. The minimum absolute atomic E-state index is 0.0498. The molecule has 0 saturated heterocycles. The molecule has 0 bridgehead atoms. The average molecular weight is 150 g/mol. The third kappa shape index (κ3) is 1.75. The lowest BCUT2D eigenvalue weighted by Crippen LogP contribution is -2.32. The second-order valence-electron chi connectivity index (χ2n) is 2.05. The van der Waals surface area contributed by atoms with Crippen molar-refractivity contribution in [1.29, 1.82) is 0 Å². The smallest absolute Gasteiger partial charge is 0.171 e. The third-order valence-electron chi connectivity index (χ3n) is 1.22. The molecule has 1 atom stereocenters. The topological polar surface area (TPSA) is 46.5 Å². The van der Waals surface area contributed by atoms with Gasteiger partial charge in [0, 0.05) is 0 Å². The number of nitroso groups, excluding NO2 is 1. The van der Waals surface area contributed by atoms with Gasteiger partial charge in [0.2, 0.25) is 0 Å². The molecule has 0 N–H and O–H groups in total. The molecule has 0 aromatic rings. The van der Waals surface area contributed by atoms with Crippen LogP contribution < -0.4 is 0 Å². The van der Waals surface area contributed by atoms with Crippen molar-refractivity contribution in [2.24, 2.45) is 5.18 Å². The van der Waals surface area contributed by atoms with Gasteiger partial charge in [-0.2, -0.15) is 0 Å². The second kappa shape index (κ2) is 2.92. The van der Waals surface area contributed by atoms with Gasteiger partial charge in [0.05, 0.1) is 5.88 Å². The molecule has 0 aliphatic heterocycles. The number of alkyl halides is 1. The van der Waals surface area contributed by atoms with E-state index in [1.54, 1.807) is 0 Å². The Labute approximate surface area is 58.4 Å². The molecule has 0 radical (unpaired) electrons. The molecular formula is C5H8ClNO2. The van der Waals surface area contributed by atoms with Gasteiger partial charge in [-0.25, -0.2) is 0 Å². The van der Waals surface area contributed by atoms with E-state index in [2.05, 4.69) is 5.18 Å². The van der Waals surface area contributed by atoms with Crippen LogP contribution in [0.5, 0.6) is 0 Å². The zero-order valence-corrected chi connectivity index (χ0v) is 6.10. The van der Waals surface area contributed by atoms with E-state index in [4.69, 9.17) is 11.6 Å². The average Bonchev–Trinajstić information content (AvgIpc) is 1.86. The van der Waals surface area contributed by atoms with Crippen molar-refractivity contribution in [3.8, 4) is 0 Å². The Morgan fingerprint density at radius 2 is 2.22 bits per heavy atom. The normalized spacial score (nSPS) is 16.3. The maximum absolute atomic E-state index is 10.5. The molecule has 3 nitrogen and oxygen atoms in total. The summed E-state index contributed by atoms with van der Waals surface area (Å²) < 4.78 is 0. The molecule has 1 unspecified atom stereocenters. The van der Waals surface area contributed by atoms with E-state index < -0.39 is 5.54 Å². The summed E-state index contributed by atoms with van der Waals surface area (Å²) in [6, 6.07) is 0. The minimum Gasteiger partial charge on any atom is -0.297 e. The summed E-state index contributed by atoms with van der Waals surface area (Å²) in [5.74, 6) is -0.348. The molecule has 0 aliphatic carbocycles. The lowest BCUT2D eigenvalue weighted by molar-refractivity contribution is -0.120. The lowest BCUT2D eigenvalue weighted by atomic mass is 10.0. The van der Waals surface area contributed by atoms with Gasteiger partial charge >= 0.3 is 0 Å². The van der Waals surface area contributed by atoms with Crippen LogP contribution >= 0.6 is 11.6 Å². The highest BCUT2D eigenvalue weighted by atomic mass is 35.5. The van der Waals surface area contributed by atoms with Gasteiger partial charge < -0.3 is 0 Å². The Kier molecular flexibility index (Phi) is 2.77. The molecule has 0 aliphatic rings. The van der Waals surface area contributed by atoms with Crippen LogP contribution in [-0.2, 0) is 4.79 Å². The van der Waals surface area contributed by atoms with E-state index in [0.717, 1.165) is 0 Å². The van der Waals surface area contributed by atoms with Crippen LogP contribution in [0.25, 0.3) is 0 Å². The molecule has 0 aromatic carbocycles. The summed E-state index contributed by atoms with van der Waals surface area (Å²) in [6.07, 6.45) is 0. The zero-order chi connectivity index (χ0) is 7.49. The van der Waals surface area contributed by atoms with Crippen LogP contribution in [0, 0.1) is 4.91 Å². The van der Waals surface area contributed by atoms with E-state index in [1.807, 2.05) is 0 Å². The molecule has 0 amide bonds. The van der Waals surface area contributed by atoms with Crippen molar-refractivity contribution in [1.82, 2.24) is 0 Å². The van der Waals surface area contributed by atoms with E-state index in [0.29, 0.717) is 0 Å². The van der Waals surface area contributed by atoms with E-state index in [1.165, 1.54) is 13.8 Å². The molecular weight excluding hydrogens is 142 g/mol. The fourth-order valence-electron chi connectivity index (χ4n) is 0.183. The number of ketones is 1. The largest absolute Gasteiger partial charge is 0.297 e. The molecule has 9 heavy (non-hydrogen) atoms. The number of nitrogens with zero attached hydrogens (tertiary/aromatic N) is 1. The summed E-state index contributed by atoms with van der Waals surface area (Å²) in [5.41, 5.74) is -1.22. The van der Waals surface area contributed by atoms with Crippen LogP contribution in [-0.4, -0.2) is 17.2 Å². The molecule has 0 heterocycles. The number of hydrogen-bond acceptors (Lipinski definition) is 3. The Balaban J connectivity index is 4.27. The highest BCUT2D eigenvalue weighted by molar-refractivity contribution is 6.20. The maximum Gasteiger partial charge on any atom is 0.171 e. The second-order valence-corrected chi connectivity index (χ2v) is 2.32. The molecule has 0 aromatic heterocycles. The fraction of sp³-hybridized carbons (Fsp3) is 0.800. The molecule has 52 valence electrons. The summed E-state index contributed by atoms with van der Waals surface area (Å²) in [5, 5.41) is 2.61. The van der Waals surface area contributed by atoms with Crippen LogP contribution in [0.3, 0.4) is 0 Å². The molecule has 0 fully saturated rings. The Bertz CT molecular complexity index is 137. The SMILES string of the molecule is CC(=O)C(C)(CCl)N=O. The van der Waals surface area contributed by atoms with E-state index >= 15 is 0 Å². The summed E-state index contributed by atoms with van der Waals surface area (Å²) >= 11 is 5.29. The number of halogens is 1. The van der Waals surface area contributed by atoms with Crippen LogP contribution in [0.4, 0.5) is 0 Å². The highest BCUT2D eigenvalue weighted by Gasteiger charge is 2.29. The van der Waals surface area contributed by atoms with Crippen molar-refractivity contribution in [2.75, 3.05) is 5.88 Å². The van der Waals surface area contributed by atoms with Crippen molar-refractivity contribution >= 4 is 17.4 Å². The Morgan fingerprint density at radius 1 is 1.78 bits per heavy atom. The summed E-state index contributed by atoms with van der Waals surface area (Å²) in [7, 11) is 0. The Morgan fingerprint density at radius 3 is 2.22 bits per heavy atom.